The molecule has 3 aromatic rings. The van der Waals surface area contributed by atoms with Gasteiger partial charge in [-0.3, -0.25) is 9.59 Å². The Bertz CT molecular complexity index is 1010. The third kappa shape index (κ3) is 4.24. The first kappa shape index (κ1) is 17.2. The van der Waals surface area contributed by atoms with Crippen molar-refractivity contribution in [2.24, 2.45) is 0 Å². The Balaban J connectivity index is 1.80. The largest absolute Gasteiger partial charge is 0.504 e. The van der Waals surface area contributed by atoms with E-state index in [2.05, 4.69) is 0 Å². The minimum absolute atomic E-state index is 0.0343. The van der Waals surface area contributed by atoms with Crippen molar-refractivity contribution in [3.8, 4) is 17.2 Å². The number of rotatable bonds is 5. The number of ether oxygens (including phenoxy) is 1. The Morgan fingerprint density at radius 3 is 2.35 bits per heavy atom. The SMILES string of the molecule is O=C(/C=C/c1cccc(Oc2ccccc2)c1)c1ccccc(=O)c1O. The lowest BCUT2D eigenvalue weighted by atomic mass is 10.1. The van der Waals surface area contributed by atoms with Crippen molar-refractivity contribution in [3.05, 3.63) is 106 Å². The quantitative estimate of drug-likeness (QED) is 0.549. The lowest BCUT2D eigenvalue weighted by molar-refractivity contribution is 0.104. The molecule has 0 bridgehead atoms. The monoisotopic (exact) mass is 344 g/mol. The molecule has 0 aliphatic heterocycles. The average Bonchev–Trinajstić information content (AvgIpc) is 2.82. The molecule has 128 valence electrons. The lowest BCUT2D eigenvalue weighted by Crippen LogP contribution is -2.01. The molecule has 1 N–H and O–H groups in total. The van der Waals surface area contributed by atoms with Crippen LogP contribution in [0.15, 0.2) is 89.7 Å². The number of hydrogen-bond donors (Lipinski definition) is 1. The van der Waals surface area contributed by atoms with Crippen LogP contribution in [0, 0.1) is 0 Å². The molecule has 0 heterocycles. The highest BCUT2D eigenvalue weighted by Crippen LogP contribution is 2.22. The second-order valence-electron chi connectivity index (χ2n) is 5.53. The summed E-state index contributed by atoms with van der Waals surface area (Å²) in [5.41, 5.74) is 0.131. The van der Waals surface area contributed by atoms with Gasteiger partial charge in [0.25, 0.3) is 0 Å². The summed E-state index contributed by atoms with van der Waals surface area (Å²) in [5, 5.41) is 9.85. The molecular weight excluding hydrogens is 328 g/mol. The predicted molar refractivity (Wildman–Crippen MR) is 101 cm³/mol. The molecule has 0 saturated carbocycles. The van der Waals surface area contributed by atoms with Gasteiger partial charge in [0.05, 0.1) is 5.56 Å². The summed E-state index contributed by atoms with van der Waals surface area (Å²) in [6.07, 6.45) is 2.92. The summed E-state index contributed by atoms with van der Waals surface area (Å²) in [5.74, 6) is 0.354. The molecule has 0 aliphatic carbocycles. The van der Waals surface area contributed by atoms with E-state index in [1.807, 2.05) is 48.5 Å². The zero-order valence-electron chi connectivity index (χ0n) is 13.8. The smallest absolute Gasteiger partial charge is 0.220 e. The fraction of sp³-hybridized carbons (Fsp3) is 0. The van der Waals surface area contributed by atoms with Gasteiger partial charge in [0.15, 0.2) is 11.5 Å². The number of hydrogen-bond acceptors (Lipinski definition) is 4. The minimum Gasteiger partial charge on any atom is -0.504 e. The molecule has 0 atom stereocenters. The van der Waals surface area contributed by atoms with Gasteiger partial charge in [-0.1, -0.05) is 48.5 Å². The van der Waals surface area contributed by atoms with Crippen molar-refractivity contribution in [2.45, 2.75) is 0 Å². The molecule has 0 radical (unpaired) electrons. The van der Waals surface area contributed by atoms with E-state index in [1.165, 1.54) is 30.3 Å². The predicted octanol–water partition coefficient (Wildman–Crippen LogP) is 4.44. The van der Waals surface area contributed by atoms with Crippen molar-refractivity contribution in [1.82, 2.24) is 0 Å². The zero-order valence-corrected chi connectivity index (χ0v) is 13.8. The Morgan fingerprint density at radius 1 is 0.846 bits per heavy atom. The Labute approximate surface area is 150 Å². The van der Waals surface area contributed by atoms with E-state index in [9.17, 15) is 14.7 Å². The van der Waals surface area contributed by atoms with E-state index in [1.54, 1.807) is 12.1 Å². The molecule has 4 heteroatoms. The number of para-hydroxylation sites is 1. The van der Waals surface area contributed by atoms with Crippen LogP contribution < -0.4 is 10.2 Å². The molecule has 0 amide bonds. The maximum atomic E-state index is 12.3. The van der Waals surface area contributed by atoms with Crippen molar-refractivity contribution >= 4 is 11.9 Å². The average molecular weight is 344 g/mol. The molecule has 0 aliphatic rings. The van der Waals surface area contributed by atoms with Gasteiger partial charge in [0.1, 0.15) is 11.5 Å². The molecule has 0 fully saturated rings. The van der Waals surface area contributed by atoms with Crippen molar-refractivity contribution in [2.75, 3.05) is 0 Å². The van der Waals surface area contributed by atoms with E-state index in [0.29, 0.717) is 5.75 Å². The first-order chi connectivity index (χ1) is 12.6. The summed E-state index contributed by atoms with van der Waals surface area (Å²) in [6.45, 7) is 0. The van der Waals surface area contributed by atoms with Gasteiger partial charge in [-0.25, -0.2) is 0 Å². The highest BCUT2D eigenvalue weighted by molar-refractivity contribution is 6.08. The van der Waals surface area contributed by atoms with Crippen LogP contribution in [0.1, 0.15) is 15.9 Å². The van der Waals surface area contributed by atoms with Crippen LogP contribution >= 0.6 is 0 Å². The van der Waals surface area contributed by atoms with E-state index in [4.69, 9.17) is 4.74 Å². The van der Waals surface area contributed by atoms with Crippen molar-refractivity contribution in [1.29, 1.82) is 0 Å². The van der Waals surface area contributed by atoms with Gasteiger partial charge >= 0.3 is 0 Å². The summed E-state index contributed by atoms with van der Waals surface area (Å²) < 4.78 is 5.76. The molecule has 3 aromatic carbocycles. The summed E-state index contributed by atoms with van der Waals surface area (Å²) in [4.78, 5) is 23.9. The number of ketones is 1. The van der Waals surface area contributed by atoms with Crippen LogP contribution in [0.4, 0.5) is 0 Å². The molecule has 0 saturated heterocycles. The summed E-state index contributed by atoms with van der Waals surface area (Å²) in [7, 11) is 0. The number of aromatic hydroxyl groups is 1. The summed E-state index contributed by atoms with van der Waals surface area (Å²) in [6, 6.07) is 22.3. The van der Waals surface area contributed by atoms with Gasteiger partial charge in [0, 0.05) is 0 Å². The van der Waals surface area contributed by atoms with Crippen LogP contribution in [-0.4, -0.2) is 10.9 Å². The molecule has 26 heavy (non-hydrogen) atoms. The second kappa shape index (κ2) is 7.94. The first-order valence-electron chi connectivity index (χ1n) is 8.01. The number of carbonyl (C=O) groups is 1. The minimum atomic E-state index is -0.593. The van der Waals surface area contributed by atoms with Crippen LogP contribution in [0.5, 0.6) is 17.2 Å². The Hall–Kier alpha value is -3.66. The molecule has 3 rings (SSSR count). The van der Waals surface area contributed by atoms with Gasteiger partial charge in [-0.2, -0.15) is 0 Å². The normalized spacial score (nSPS) is 10.6. The van der Waals surface area contributed by atoms with Gasteiger partial charge in [-0.15, -0.1) is 0 Å². The topological polar surface area (TPSA) is 63.6 Å². The van der Waals surface area contributed by atoms with Crippen LogP contribution in [0.2, 0.25) is 0 Å². The Kier molecular flexibility index (Phi) is 5.25. The maximum Gasteiger partial charge on any atom is 0.220 e. The van der Waals surface area contributed by atoms with Gasteiger partial charge < -0.3 is 9.84 Å². The van der Waals surface area contributed by atoms with E-state index >= 15 is 0 Å². The number of carbonyl (C=O) groups excluding carboxylic acids is 1. The number of benzene rings is 2. The van der Waals surface area contributed by atoms with E-state index in [0.717, 1.165) is 11.3 Å². The molecule has 0 spiro atoms. The molecular formula is C22H16O4. The summed E-state index contributed by atoms with van der Waals surface area (Å²) >= 11 is 0. The van der Waals surface area contributed by atoms with Crippen LogP contribution in [0.3, 0.4) is 0 Å². The van der Waals surface area contributed by atoms with Gasteiger partial charge in [-0.05, 0) is 48.0 Å². The lowest BCUT2D eigenvalue weighted by Gasteiger charge is -2.05. The standard InChI is InChI=1S/C22H16O4/c23-20(19-11-4-5-12-21(24)22(19)25)14-13-16-7-6-10-18(15-16)26-17-8-2-1-3-9-17/h1-15H,(H,24,25)/b14-13+. The fourth-order valence-corrected chi connectivity index (χ4v) is 2.35. The molecule has 0 unspecified atom stereocenters. The van der Waals surface area contributed by atoms with E-state index < -0.39 is 17.0 Å². The van der Waals surface area contributed by atoms with E-state index in [-0.39, 0.29) is 5.56 Å². The fourth-order valence-electron chi connectivity index (χ4n) is 2.35. The molecule has 0 aromatic heterocycles. The third-order valence-corrected chi connectivity index (χ3v) is 3.64. The Morgan fingerprint density at radius 2 is 1.54 bits per heavy atom. The highest BCUT2D eigenvalue weighted by Gasteiger charge is 2.09. The number of allylic oxidation sites excluding steroid dienone is 1. The van der Waals surface area contributed by atoms with Gasteiger partial charge in [0.2, 0.25) is 5.43 Å². The second-order valence-corrected chi connectivity index (χ2v) is 5.53. The van der Waals surface area contributed by atoms with Crippen molar-refractivity contribution in [3.63, 3.8) is 0 Å². The zero-order chi connectivity index (χ0) is 18.4. The highest BCUT2D eigenvalue weighted by atomic mass is 16.5. The van der Waals surface area contributed by atoms with Crippen molar-refractivity contribution < 1.29 is 14.6 Å². The first-order valence-corrected chi connectivity index (χ1v) is 8.01. The van der Waals surface area contributed by atoms with Crippen LogP contribution in [0.25, 0.3) is 6.08 Å². The maximum absolute atomic E-state index is 12.3. The van der Waals surface area contributed by atoms with Crippen LogP contribution in [-0.2, 0) is 0 Å². The third-order valence-electron chi connectivity index (χ3n) is 3.64. The molecule has 4 nitrogen and oxygen atoms in total.